The van der Waals surface area contributed by atoms with E-state index in [0.29, 0.717) is 0 Å². The molecule has 0 amide bonds. The second-order valence-electron chi connectivity index (χ2n) is 11.3. The van der Waals surface area contributed by atoms with Gasteiger partial charge in [0.1, 0.15) is 0 Å². The van der Waals surface area contributed by atoms with Crippen molar-refractivity contribution in [3.63, 3.8) is 0 Å². The lowest BCUT2D eigenvalue weighted by atomic mass is 9.86. The van der Waals surface area contributed by atoms with Crippen LogP contribution in [0, 0.1) is 6.92 Å². The molecular formula is C33H37N. The highest BCUT2D eigenvalue weighted by Crippen LogP contribution is 2.39. The number of anilines is 3. The van der Waals surface area contributed by atoms with Crippen molar-refractivity contribution in [2.75, 3.05) is 4.90 Å². The molecule has 0 aromatic heterocycles. The predicted molar refractivity (Wildman–Crippen MR) is 149 cm³/mol. The van der Waals surface area contributed by atoms with E-state index in [9.17, 15) is 0 Å². The summed E-state index contributed by atoms with van der Waals surface area (Å²) < 4.78 is 0. The fraction of sp³-hybridized carbons (Fsp3) is 0.273. The molecule has 0 saturated carbocycles. The van der Waals surface area contributed by atoms with Gasteiger partial charge >= 0.3 is 0 Å². The van der Waals surface area contributed by atoms with Gasteiger partial charge in [0.2, 0.25) is 0 Å². The van der Waals surface area contributed by atoms with Gasteiger partial charge < -0.3 is 4.90 Å². The van der Waals surface area contributed by atoms with Crippen molar-refractivity contribution >= 4 is 17.1 Å². The van der Waals surface area contributed by atoms with Crippen molar-refractivity contribution < 1.29 is 0 Å². The normalized spacial score (nSPS) is 12.0. The van der Waals surface area contributed by atoms with Crippen molar-refractivity contribution in [2.24, 2.45) is 0 Å². The Labute approximate surface area is 206 Å². The fourth-order valence-electron chi connectivity index (χ4n) is 4.35. The average Bonchev–Trinajstić information content (AvgIpc) is 2.80. The van der Waals surface area contributed by atoms with Gasteiger partial charge in [-0.15, -0.1) is 0 Å². The second-order valence-corrected chi connectivity index (χ2v) is 11.3. The molecule has 0 aliphatic rings. The lowest BCUT2D eigenvalue weighted by Crippen LogP contribution is -2.14. The Hall–Kier alpha value is -3.32. The highest BCUT2D eigenvalue weighted by molar-refractivity contribution is 5.81. The second kappa shape index (κ2) is 9.14. The zero-order valence-electron chi connectivity index (χ0n) is 21.7. The quantitative estimate of drug-likeness (QED) is 0.301. The molecule has 0 aliphatic heterocycles. The predicted octanol–water partition coefficient (Wildman–Crippen LogP) is 9.73. The van der Waals surface area contributed by atoms with Crippen molar-refractivity contribution in [2.45, 2.75) is 59.3 Å². The van der Waals surface area contributed by atoms with Crippen molar-refractivity contribution in [1.29, 1.82) is 0 Å². The molecule has 1 nitrogen and oxygen atoms in total. The molecule has 4 aromatic rings. The molecular weight excluding hydrogens is 410 g/mol. The smallest absolute Gasteiger partial charge is 0.0467 e. The number of rotatable bonds is 4. The van der Waals surface area contributed by atoms with Crippen LogP contribution in [0.25, 0.3) is 11.1 Å². The molecule has 4 aromatic carbocycles. The highest BCUT2D eigenvalue weighted by atomic mass is 15.1. The van der Waals surface area contributed by atoms with Crippen LogP contribution in [0.4, 0.5) is 17.1 Å². The summed E-state index contributed by atoms with van der Waals surface area (Å²) in [5.41, 5.74) is 10.2. The number of aryl methyl sites for hydroxylation is 1. The Bertz CT molecular complexity index is 1180. The molecule has 0 saturated heterocycles. The lowest BCUT2D eigenvalue weighted by Gasteiger charge is -2.28. The van der Waals surface area contributed by atoms with Gasteiger partial charge in [0.25, 0.3) is 0 Å². The van der Waals surface area contributed by atoms with E-state index in [4.69, 9.17) is 0 Å². The van der Waals surface area contributed by atoms with Gasteiger partial charge in [-0.2, -0.15) is 0 Å². The minimum Gasteiger partial charge on any atom is -0.310 e. The third-order valence-electron chi connectivity index (χ3n) is 6.55. The number of benzene rings is 4. The molecule has 1 heteroatoms. The van der Waals surface area contributed by atoms with Crippen LogP contribution >= 0.6 is 0 Å². The Morgan fingerprint density at radius 1 is 0.500 bits per heavy atom. The van der Waals surface area contributed by atoms with Crippen molar-refractivity contribution in [1.82, 2.24) is 0 Å². The van der Waals surface area contributed by atoms with E-state index < -0.39 is 0 Å². The molecule has 0 spiro atoms. The summed E-state index contributed by atoms with van der Waals surface area (Å²) in [5.74, 6) is 0. The van der Waals surface area contributed by atoms with E-state index in [1.54, 1.807) is 0 Å². The summed E-state index contributed by atoms with van der Waals surface area (Å²) in [5, 5.41) is 0. The van der Waals surface area contributed by atoms with E-state index >= 15 is 0 Å². The maximum atomic E-state index is 2.37. The van der Waals surface area contributed by atoms with Gasteiger partial charge in [0.05, 0.1) is 0 Å². The third kappa shape index (κ3) is 5.09. The van der Waals surface area contributed by atoms with Crippen LogP contribution in [0.15, 0.2) is 97.1 Å². The van der Waals surface area contributed by atoms with Crippen molar-refractivity contribution in [3.8, 4) is 11.1 Å². The molecule has 0 unspecified atom stereocenters. The monoisotopic (exact) mass is 447 g/mol. The maximum absolute atomic E-state index is 2.37. The first-order chi connectivity index (χ1) is 16.0. The van der Waals surface area contributed by atoms with Gasteiger partial charge in [-0.3, -0.25) is 0 Å². The van der Waals surface area contributed by atoms with E-state index in [2.05, 4.69) is 150 Å². The van der Waals surface area contributed by atoms with Gasteiger partial charge in [0.15, 0.2) is 0 Å². The largest absolute Gasteiger partial charge is 0.310 e. The molecule has 0 radical (unpaired) electrons. The van der Waals surface area contributed by atoms with Crippen LogP contribution in [0.3, 0.4) is 0 Å². The van der Waals surface area contributed by atoms with E-state index in [1.807, 2.05) is 0 Å². The highest BCUT2D eigenvalue weighted by Gasteiger charge is 2.19. The molecule has 0 atom stereocenters. The van der Waals surface area contributed by atoms with E-state index in [1.165, 1.54) is 39.2 Å². The topological polar surface area (TPSA) is 3.24 Å². The van der Waals surface area contributed by atoms with Crippen LogP contribution in [0.1, 0.15) is 58.2 Å². The maximum Gasteiger partial charge on any atom is 0.0467 e. The van der Waals surface area contributed by atoms with Gasteiger partial charge in [0, 0.05) is 17.1 Å². The summed E-state index contributed by atoms with van der Waals surface area (Å²) in [6.45, 7) is 15.8. The molecule has 0 aliphatic carbocycles. The first-order valence-electron chi connectivity index (χ1n) is 12.2. The van der Waals surface area contributed by atoms with Crippen LogP contribution in [0.5, 0.6) is 0 Å². The zero-order chi connectivity index (χ0) is 24.5. The van der Waals surface area contributed by atoms with Crippen LogP contribution < -0.4 is 4.90 Å². The van der Waals surface area contributed by atoms with Crippen molar-refractivity contribution in [3.05, 3.63) is 114 Å². The molecule has 0 bridgehead atoms. The molecule has 174 valence electrons. The van der Waals surface area contributed by atoms with E-state index in [0.717, 1.165) is 5.69 Å². The summed E-state index contributed by atoms with van der Waals surface area (Å²) >= 11 is 0. The van der Waals surface area contributed by atoms with E-state index in [-0.39, 0.29) is 10.8 Å². The first-order valence-corrected chi connectivity index (χ1v) is 12.2. The van der Waals surface area contributed by atoms with Gasteiger partial charge in [-0.1, -0.05) is 102 Å². The number of nitrogens with zero attached hydrogens (tertiary/aromatic N) is 1. The Morgan fingerprint density at radius 3 is 1.38 bits per heavy atom. The summed E-state index contributed by atoms with van der Waals surface area (Å²) in [6, 6.07) is 35.5. The number of hydrogen-bond donors (Lipinski definition) is 0. The average molecular weight is 448 g/mol. The third-order valence-corrected chi connectivity index (χ3v) is 6.55. The Morgan fingerprint density at radius 2 is 0.941 bits per heavy atom. The first kappa shape index (κ1) is 23.8. The fourth-order valence-corrected chi connectivity index (χ4v) is 4.35. The van der Waals surface area contributed by atoms with Crippen LogP contribution in [-0.4, -0.2) is 0 Å². The molecule has 0 heterocycles. The van der Waals surface area contributed by atoms with Gasteiger partial charge in [-0.05, 0) is 82.0 Å². The molecule has 0 N–H and O–H groups in total. The Kier molecular flexibility index (Phi) is 6.41. The summed E-state index contributed by atoms with van der Waals surface area (Å²) in [4.78, 5) is 2.37. The molecule has 4 rings (SSSR count). The summed E-state index contributed by atoms with van der Waals surface area (Å²) in [7, 11) is 0. The van der Waals surface area contributed by atoms with Gasteiger partial charge in [-0.25, -0.2) is 0 Å². The minimum absolute atomic E-state index is 0.127. The molecule has 34 heavy (non-hydrogen) atoms. The number of hydrogen-bond acceptors (Lipinski definition) is 1. The van der Waals surface area contributed by atoms with Crippen LogP contribution in [0.2, 0.25) is 0 Å². The molecule has 0 fully saturated rings. The SMILES string of the molecule is Cc1ccc(N(c2ccc(C(C)(C)C)cc2)c2ccc(C(C)(C)C)cc2)cc1-c1ccccc1. The summed E-state index contributed by atoms with van der Waals surface area (Å²) in [6.07, 6.45) is 0. The Balaban J connectivity index is 1.85. The lowest BCUT2D eigenvalue weighted by molar-refractivity contribution is 0.590. The standard InChI is InChI=1S/C33H37N/c1-24-13-18-30(23-31(24)25-11-9-8-10-12-25)34(28-19-14-26(15-20-28)32(2,3)4)29-21-16-27(17-22-29)33(5,6)7/h8-23H,1-7H3. The zero-order valence-corrected chi connectivity index (χ0v) is 21.7. The minimum atomic E-state index is 0.127. The van der Waals surface area contributed by atoms with Crippen LogP contribution in [-0.2, 0) is 10.8 Å².